The molecule has 0 aliphatic rings. The summed E-state index contributed by atoms with van der Waals surface area (Å²) in [5.74, 6) is 1.63. The third-order valence-electron chi connectivity index (χ3n) is 2.49. The summed E-state index contributed by atoms with van der Waals surface area (Å²) in [5, 5.41) is 3.89. The molecule has 20 heavy (non-hydrogen) atoms. The average molecular weight is 290 g/mol. The summed E-state index contributed by atoms with van der Waals surface area (Å²) < 4.78 is 21.7. The molecule has 4 nitrogen and oxygen atoms in total. The van der Waals surface area contributed by atoms with Crippen LogP contribution in [0.1, 0.15) is 22.5 Å². The summed E-state index contributed by atoms with van der Waals surface area (Å²) in [7, 11) is 0. The van der Waals surface area contributed by atoms with Crippen LogP contribution in [-0.2, 0) is 4.74 Å². The van der Waals surface area contributed by atoms with E-state index in [1.165, 1.54) is 12.1 Å². The molecule has 0 bridgehead atoms. The number of benzene rings is 1. The van der Waals surface area contributed by atoms with Crippen molar-refractivity contribution in [1.29, 1.82) is 0 Å². The number of halogens is 1. The van der Waals surface area contributed by atoms with Gasteiger partial charge in [0.1, 0.15) is 11.5 Å². The van der Waals surface area contributed by atoms with Gasteiger partial charge in [-0.25, -0.2) is 9.18 Å². The van der Waals surface area contributed by atoms with Crippen LogP contribution in [-0.4, -0.2) is 22.2 Å². The van der Waals surface area contributed by atoms with E-state index in [1.54, 1.807) is 12.1 Å². The Morgan fingerprint density at radius 2 is 2.15 bits per heavy atom. The molecule has 0 aliphatic heterocycles. The summed E-state index contributed by atoms with van der Waals surface area (Å²) in [4.78, 5) is 12.2. The van der Waals surface area contributed by atoms with Crippen LogP contribution in [0.2, 0.25) is 0 Å². The number of ether oxygens (including phenoxy) is 1. The first-order chi connectivity index (χ1) is 9.72. The number of esters is 1. The van der Waals surface area contributed by atoms with E-state index in [9.17, 15) is 9.18 Å². The molecule has 1 aromatic carbocycles. The first kappa shape index (κ1) is 14.2. The lowest BCUT2D eigenvalue weighted by Crippen LogP contribution is -2.06. The Balaban J connectivity index is 2.10. The maximum absolute atomic E-state index is 12.9. The minimum Gasteiger partial charge on any atom is -0.461 e. The van der Waals surface area contributed by atoms with Gasteiger partial charge in [-0.3, -0.25) is 0 Å². The van der Waals surface area contributed by atoms with Gasteiger partial charge in [-0.15, -0.1) is 17.4 Å². The van der Waals surface area contributed by atoms with Crippen molar-refractivity contribution in [1.82, 2.24) is 9.59 Å². The fourth-order valence-electron chi connectivity index (χ4n) is 1.53. The van der Waals surface area contributed by atoms with Gasteiger partial charge >= 0.3 is 5.97 Å². The Kier molecular flexibility index (Phi) is 4.80. The van der Waals surface area contributed by atoms with E-state index < -0.39 is 5.97 Å². The zero-order valence-corrected chi connectivity index (χ0v) is 11.3. The minimum atomic E-state index is -0.489. The van der Waals surface area contributed by atoms with Crippen molar-refractivity contribution in [3.63, 3.8) is 0 Å². The molecule has 0 N–H and O–H groups in total. The summed E-state index contributed by atoms with van der Waals surface area (Å²) in [6.07, 6.45) is 6.28. The molecule has 0 saturated heterocycles. The Morgan fingerprint density at radius 1 is 1.40 bits per heavy atom. The number of unbranched alkanes of at least 4 members (excludes halogenated alkanes) is 1. The topological polar surface area (TPSA) is 52.1 Å². The first-order valence-corrected chi connectivity index (χ1v) is 6.68. The number of aromatic nitrogens is 2. The molecule has 1 heterocycles. The van der Waals surface area contributed by atoms with E-state index in [4.69, 9.17) is 11.2 Å². The molecule has 1 aromatic heterocycles. The van der Waals surface area contributed by atoms with Crippen molar-refractivity contribution in [2.75, 3.05) is 6.61 Å². The molecular weight excluding hydrogens is 279 g/mol. The SMILES string of the molecule is C#CCCCOC(=O)c1snnc1-c1ccc(F)cc1. The predicted molar refractivity (Wildman–Crippen MR) is 73.7 cm³/mol. The van der Waals surface area contributed by atoms with Crippen LogP contribution < -0.4 is 0 Å². The van der Waals surface area contributed by atoms with Crippen LogP contribution in [0.4, 0.5) is 4.39 Å². The molecule has 0 fully saturated rings. The number of nitrogens with zero attached hydrogens (tertiary/aromatic N) is 2. The lowest BCUT2D eigenvalue weighted by molar-refractivity contribution is 0.0508. The molecule has 0 unspecified atom stereocenters. The van der Waals surface area contributed by atoms with E-state index in [0.717, 1.165) is 11.5 Å². The predicted octanol–water partition coefficient (Wildman–Crippen LogP) is 2.91. The Labute approximate surface area is 119 Å². The molecule has 0 amide bonds. The summed E-state index contributed by atoms with van der Waals surface area (Å²) in [6.45, 7) is 0.254. The van der Waals surface area contributed by atoms with E-state index in [-0.39, 0.29) is 12.4 Å². The van der Waals surface area contributed by atoms with Crippen LogP contribution in [0, 0.1) is 18.2 Å². The third-order valence-corrected chi connectivity index (χ3v) is 3.20. The molecule has 102 valence electrons. The van der Waals surface area contributed by atoms with Gasteiger partial charge in [-0.2, -0.15) is 0 Å². The second-order valence-corrected chi connectivity index (χ2v) is 4.66. The van der Waals surface area contributed by atoms with Crippen LogP contribution in [0.3, 0.4) is 0 Å². The van der Waals surface area contributed by atoms with E-state index in [2.05, 4.69) is 15.5 Å². The largest absolute Gasteiger partial charge is 0.461 e. The number of carbonyl (C=O) groups is 1. The number of rotatable bonds is 5. The number of carbonyl (C=O) groups excluding carboxylic acids is 1. The number of terminal acetylenes is 1. The molecule has 0 saturated carbocycles. The van der Waals surface area contributed by atoms with Gasteiger partial charge in [0.2, 0.25) is 0 Å². The van der Waals surface area contributed by atoms with Crippen molar-refractivity contribution in [2.24, 2.45) is 0 Å². The summed E-state index contributed by atoms with van der Waals surface area (Å²) in [5.41, 5.74) is 1.02. The second kappa shape index (κ2) is 6.78. The van der Waals surface area contributed by atoms with Gasteiger partial charge in [0.15, 0.2) is 4.88 Å². The molecule has 0 radical (unpaired) electrons. The standard InChI is InChI=1S/C14H11FN2O2S/c1-2-3-4-9-19-14(18)13-12(16-17-20-13)10-5-7-11(15)8-6-10/h1,5-8H,3-4,9H2. The van der Waals surface area contributed by atoms with Gasteiger partial charge < -0.3 is 4.74 Å². The lowest BCUT2D eigenvalue weighted by atomic mass is 10.1. The molecule has 0 atom stereocenters. The zero-order chi connectivity index (χ0) is 14.4. The Bertz CT molecular complexity index is 631. The summed E-state index contributed by atoms with van der Waals surface area (Å²) >= 11 is 0.951. The normalized spacial score (nSPS) is 10.0. The third kappa shape index (κ3) is 3.39. The minimum absolute atomic E-state index is 0.254. The highest BCUT2D eigenvalue weighted by atomic mass is 32.1. The Hall–Kier alpha value is -2.26. The van der Waals surface area contributed by atoms with E-state index >= 15 is 0 Å². The van der Waals surface area contributed by atoms with Crippen molar-refractivity contribution in [2.45, 2.75) is 12.8 Å². The van der Waals surface area contributed by atoms with Crippen LogP contribution in [0.5, 0.6) is 0 Å². The van der Waals surface area contributed by atoms with Crippen LogP contribution in [0.15, 0.2) is 24.3 Å². The smallest absolute Gasteiger partial charge is 0.352 e. The average Bonchev–Trinajstić information content (AvgIpc) is 2.93. The molecule has 2 aromatic rings. The molecule has 0 aliphatic carbocycles. The Morgan fingerprint density at radius 3 is 2.85 bits per heavy atom. The fraction of sp³-hybridized carbons (Fsp3) is 0.214. The van der Waals surface area contributed by atoms with Gasteiger partial charge in [0.25, 0.3) is 0 Å². The van der Waals surface area contributed by atoms with Gasteiger partial charge in [-0.1, -0.05) is 4.49 Å². The molecular formula is C14H11FN2O2S. The maximum Gasteiger partial charge on any atom is 0.352 e. The monoisotopic (exact) mass is 290 g/mol. The van der Waals surface area contributed by atoms with Crippen molar-refractivity contribution < 1.29 is 13.9 Å². The van der Waals surface area contributed by atoms with Gasteiger partial charge in [0.05, 0.1) is 6.61 Å². The van der Waals surface area contributed by atoms with Crippen LogP contribution >= 0.6 is 11.5 Å². The first-order valence-electron chi connectivity index (χ1n) is 5.91. The maximum atomic E-state index is 12.9. The van der Waals surface area contributed by atoms with Crippen LogP contribution in [0.25, 0.3) is 11.3 Å². The molecule has 0 spiro atoms. The molecule has 2 rings (SSSR count). The van der Waals surface area contributed by atoms with Gasteiger partial charge in [-0.05, 0) is 42.2 Å². The number of hydrogen-bond donors (Lipinski definition) is 0. The van der Waals surface area contributed by atoms with Crippen molar-refractivity contribution in [3.8, 4) is 23.6 Å². The van der Waals surface area contributed by atoms with E-state index in [0.29, 0.717) is 29.0 Å². The zero-order valence-electron chi connectivity index (χ0n) is 10.5. The highest BCUT2D eigenvalue weighted by molar-refractivity contribution is 7.08. The highest BCUT2D eigenvalue weighted by Crippen LogP contribution is 2.24. The fourth-order valence-corrected chi connectivity index (χ4v) is 2.11. The van der Waals surface area contributed by atoms with Gasteiger partial charge in [0, 0.05) is 12.0 Å². The summed E-state index contributed by atoms with van der Waals surface area (Å²) in [6, 6.07) is 5.69. The quantitative estimate of drug-likeness (QED) is 0.482. The second-order valence-electron chi connectivity index (χ2n) is 3.90. The number of hydrogen-bond acceptors (Lipinski definition) is 5. The molecule has 6 heteroatoms. The highest BCUT2D eigenvalue weighted by Gasteiger charge is 2.19. The van der Waals surface area contributed by atoms with Crippen molar-refractivity contribution in [3.05, 3.63) is 35.0 Å². The van der Waals surface area contributed by atoms with E-state index in [1.807, 2.05) is 0 Å². The van der Waals surface area contributed by atoms with Crippen molar-refractivity contribution >= 4 is 17.5 Å². The lowest BCUT2D eigenvalue weighted by Gasteiger charge is -2.03.